The number of hydrogen-bond donors (Lipinski definition) is 0. The Morgan fingerprint density at radius 2 is 0.577 bits per heavy atom. The lowest BCUT2D eigenvalue weighted by molar-refractivity contribution is 0.997. The van der Waals surface area contributed by atoms with E-state index in [1.807, 2.05) is 0 Å². The van der Waals surface area contributed by atoms with Crippen molar-refractivity contribution < 1.29 is 0 Å². The second kappa shape index (κ2) is 16.5. The molecule has 17 aromatic rings. The average Bonchev–Trinajstić information content (AvgIpc) is 4.20. The SMILES string of the molecule is c1ccc2c(c1)cc(-c1cc(-c3cc4ccccc4c4ccccc34)nc(-n3c4ccccc4c4cc(-c5ccc6c(c5)c5ccccc5n6-c5ccc6c7ccccc7c7ccccc7c6c5)ccc43)n1)c1ccccc12. The quantitative estimate of drug-likeness (QED) is 0.161. The van der Waals surface area contributed by atoms with E-state index >= 15 is 0 Å². The van der Waals surface area contributed by atoms with Crippen molar-refractivity contribution in [3.63, 3.8) is 0 Å². The first kappa shape index (κ1) is 42.9. The van der Waals surface area contributed by atoms with E-state index in [1.54, 1.807) is 0 Å². The van der Waals surface area contributed by atoms with Gasteiger partial charge >= 0.3 is 0 Å². The molecule has 0 saturated heterocycles. The minimum absolute atomic E-state index is 0.625. The third kappa shape index (κ3) is 6.29. The fraction of sp³-hybridized carbons (Fsp3) is 0. The summed E-state index contributed by atoms with van der Waals surface area (Å²) in [7, 11) is 0. The molecule has 0 N–H and O–H groups in total. The molecule has 360 valence electrons. The van der Waals surface area contributed by atoms with Gasteiger partial charge in [0.05, 0.1) is 33.5 Å². The van der Waals surface area contributed by atoms with Gasteiger partial charge in [-0.05, 0) is 153 Å². The summed E-state index contributed by atoms with van der Waals surface area (Å²) in [4.78, 5) is 11.3. The maximum absolute atomic E-state index is 5.64. The standard InChI is InChI=1S/C74H44N4/c1-3-19-50-47(17-1)41-64(58-27-11-5-21-52(50)58)68-44-69(65-42-48-18-2-4-20-51(48)53-22-6-12-28-59(53)65)76-74(75-68)78-71-32-16-14-30-62(71)67-40-46(34-38-73(67)78)45-33-37-72-66(39-45)61-29-13-15-31-70(61)77(72)49-35-36-60-56-25-8-7-23-54(56)55-24-9-10-26-57(55)63(60)43-49/h1-44H. The molecule has 0 aliphatic carbocycles. The van der Waals surface area contributed by atoms with Crippen molar-refractivity contribution in [1.29, 1.82) is 0 Å². The molecule has 0 unspecified atom stereocenters. The predicted octanol–water partition coefficient (Wildman–Crippen LogP) is 19.7. The first-order valence-electron chi connectivity index (χ1n) is 26.8. The highest BCUT2D eigenvalue weighted by molar-refractivity contribution is 6.26. The van der Waals surface area contributed by atoms with E-state index in [-0.39, 0.29) is 0 Å². The summed E-state index contributed by atoms with van der Waals surface area (Å²) in [6, 6.07) is 97.7. The maximum atomic E-state index is 5.64. The molecule has 0 bridgehead atoms. The van der Waals surface area contributed by atoms with E-state index in [4.69, 9.17) is 9.97 Å². The highest BCUT2D eigenvalue weighted by Crippen LogP contribution is 2.43. The van der Waals surface area contributed by atoms with E-state index in [2.05, 4.69) is 276 Å². The molecular weight excluding hydrogens is 945 g/mol. The minimum atomic E-state index is 0.625. The minimum Gasteiger partial charge on any atom is -0.309 e. The molecule has 17 rings (SSSR count). The molecule has 4 nitrogen and oxygen atoms in total. The number of hydrogen-bond acceptors (Lipinski definition) is 2. The molecule has 0 fully saturated rings. The molecule has 14 aromatic carbocycles. The summed E-state index contributed by atoms with van der Waals surface area (Å²) in [5.74, 6) is 0.625. The fourth-order valence-electron chi connectivity index (χ4n) is 13.2. The van der Waals surface area contributed by atoms with Crippen molar-refractivity contribution in [3.8, 4) is 45.3 Å². The molecule has 3 aromatic heterocycles. The number of aromatic nitrogens is 4. The Labute approximate surface area is 447 Å². The number of benzene rings is 14. The molecule has 0 aliphatic heterocycles. The second-order valence-electron chi connectivity index (χ2n) is 20.8. The molecule has 3 heterocycles. The summed E-state index contributed by atoms with van der Waals surface area (Å²) in [6.45, 7) is 0. The van der Waals surface area contributed by atoms with Gasteiger partial charge in [0, 0.05) is 38.4 Å². The van der Waals surface area contributed by atoms with E-state index in [9.17, 15) is 0 Å². The van der Waals surface area contributed by atoms with Crippen LogP contribution in [0.2, 0.25) is 0 Å². The van der Waals surface area contributed by atoms with Gasteiger partial charge in [0.2, 0.25) is 5.95 Å². The van der Waals surface area contributed by atoms with Crippen LogP contribution in [0.25, 0.3) is 164 Å². The Hall–Kier alpha value is -10.4. The second-order valence-corrected chi connectivity index (χ2v) is 20.8. The van der Waals surface area contributed by atoms with Gasteiger partial charge in [0.1, 0.15) is 0 Å². The van der Waals surface area contributed by atoms with Gasteiger partial charge in [0.15, 0.2) is 0 Å². The van der Waals surface area contributed by atoms with E-state index < -0.39 is 0 Å². The fourth-order valence-corrected chi connectivity index (χ4v) is 13.2. The monoisotopic (exact) mass is 988 g/mol. The van der Waals surface area contributed by atoms with Gasteiger partial charge in [-0.25, -0.2) is 9.97 Å². The molecule has 78 heavy (non-hydrogen) atoms. The van der Waals surface area contributed by atoms with Crippen LogP contribution in [0.4, 0.5) is 0 Å². The van der Waals surface area contributed by atoms with Crippen LogP contribution in [0.15, 0.2) is 267 Å². The van der Waals surface area contributed by atoms with Crippen LogP contribution in [0, 0.1) is 0 Å². The van der Waals surface area contributed by atoms with E-state index in [1.165, 1.54) is 86.4 Å². The predicted molar refractivity (Wildman–Crippen MR) is 330 cm³/mol. The third-order valence-corrected chi connectivity index (χ3v) is 16.7. The van der Waals surface area contributed by atoms with Crippen molar-refractivity contribution in [1.82, 2.24) is 19.1 Å². The average molecular weight is 989 g/mol. The molecule has 0 aliphatic rings. The van der Waals surface area contributed by atoms with Crippen LogP contribution in [0.1, 0.15) is 0 Å². The highest BCUT2D eigenvalue weighted by Gasteiger charge is 2.22. The molecular formula is C74H44N4. The smallest absolute Gasteiger partial charge is 0.235 e. The van der Waals surface area contributed by atoms with Crippen LogP contribution in [0.5, 0.6) is 0 Å². The summed E-state index contributed by atoms with van der Waals surface area (Å²) in [6.07, 6.45) is 0. The largest absolute Gasteiger partial charge is 0.309 e. The molecule has 0 saturated carbocycles. The Morgan fingerprint density at radius 1 is 0.218 bits per heavy atom. The van der Waals surface area contributed by atoms with Crippen molar-refractivity contribution in [2.24, 2.45) is 0 Å². The molecule has 4 heteroatoms. The number of nitrogens with zero attached hydrogens (tertiary/aromatic N) is 4. The van der Waals surface area contributed by atoms with Crippen LogP contribution < -0.4 is 0 Å². The summed E-state index contributed by atoms with van der Waals surface area (Å²) >= 11 is 0. The van der Waals surface area contributed by atoms with Crippen molar-refractivity contribution >= 4 is 119 Å². The van der Waals surface area contributed by atoms with Crippen LogP contribution in [-0.4, -0.2) is 19.1 Å². The van der Waals surface area contributed by atoms with E-state index in [0.29, 0.717) is 5.95 Å². The zero-order valence-electron chi connectivity index (χ0n) is 42.2. The van der Waals surface area contributed by atoms with Crippen molar-refractivity contribution in [2.75, 3.05) is 0 Å². The van der Waals surface area contributed by atoms with Gasteiger partial charge in [-0.3, -0.25) is 4.57 Å². The Kier molecular flexibility index (Phi) is 9.09. The number of rotatable bonds is 5. The van der Waals surface area contributed by atoms with Gasteiger partial charge in [0.25, 0.3) is 0 Å². The Bertz CT molecular complexity index is 5240. The molecule has 0 radical (unpaired) electrons. The molecule has 0 amide bonds. The van der Waals surface area contributed by atoms with Gasteiger partial charge in [-0.15, -0.1) is 0 Å². The third-order valence-electron chi connectivity index (χ3n) is 16.7. The number of fused-ring (bicyclic) bond motifs is 18. The first-order chi connectivity index (χ1) is 38.7. The summed E-state index contributed by atoms with van der Waals surface area (Å²) < 4.78 is 4.72. The normalized spacial score (nSPS) is 12.1. The Morgan fingerprint density at radius 3 is 1.08 bits per heavy atom. The van der Waals surface area contributed by atoms with Gasteiger partial charge in [-0.1, -0.05) is 200 Å². The molecule has 0 spiro atoms. The van der Waals surface area contributed by atoms with Crippen molar-refractivity contribution in [2.45, 2.75) is 0 Å². The Balaban J connectivity index is 0.862. The lowest BCUT2D eigenvalue weighted by Crippen LogP contribution is -2.04. The zero-order chi connectivity index (χ0) is 51.0. The highest BCUT2D eigenvalue weighted by atomic mass is 15.2. The zero-order valence-corrected chi connectivity index (χ0v) is 42.2. The van der Waals surface area contributed by atoms with Gasteiger partial charge < -0.3 is 4.57 Å². The topological polar surface area (TPSA) is 35.6 Å². The van der Waals surface area contributed by atoms with Crippen LogP contribution in [-0.2, 0) is 0 Å². The lowest BCUT2D eigenvalue weighted by atomic mass is 9.93. The lowest BCUT2D eigenvalue weighted by Gasteiger charge is -2.16. The first-order valence-corrected chi connectivity index (χ1v) is 26.8. The summed E-state index contributed by atoms with van der Waals surface area (Å²) in [5.41, 5.74) is 11.8. The maximum Gasteiger partial charge on any atom is 0.235 e. The van der Waals surface area contributed by atoms with Gasteiger partial charge in [-0.2, -0.15) is 0 Å². The van der Waals surface area contributed by atoms with Crippen molar-refractivity contribution in [3.05, 3.63) is 267 Å². The van der Waals surface area contributed by atoms with E-state index in [0.717, 1.165) is 71.9 Å². The van der Waals surface area contributed by atoms with Crippen LogP contribution >= 0.6 is 0 Å². The van der Waals surface area contributed by atoms with Crippen LogP contribution in [0.3, 0.4) is 0 Å². The summed E-state index contributed by atoms with van der Waals surface area (Å²) in [5, 5.41) is 21.9. The number of para-hydroxylation sites is 2. The molecule has 0 atom stereocenters.